The number of amides is 1. The summed E-state index contributed by atoms with van der Waals surface area (Å²) in [5.74, 6) is -0.00894. The van der Waals surface area contributed by atoms with Crippen LogP contribution in [0.1, 0.15) is 28.9 Å². The largest absolute Gasteiger partial charge is 0.480 e. The number of hydrogen-bond acceptors (Lipinski definition) is 4. The fourth-order valence-corrected chi connectivity index (χ4v) is 1.77. The number of aromatic nitrogens is 1. The summed E-state index contributed by atoms with van der Waals surface area (Å²) >= 11 is 0. The topological polar surface area (TPSA) is 71.5 Å². The maximum atomic E-state index is 12.1. The van der Waals surface area contributed by atoms with Crippen LogP contribution in [0, 0.1) is 0 Å². The molecule has 0 aliphatic rings. The standard InChI is InChI=1S/C15H16N2O3/c1-10(18)11-5-7-12(8-6-11)17-14(19)13-4-3-9-16-15(13)20-2/h3-10,18H,1-2H3,(H,17,19). The Balaban J connectivity index is 2.15. The second kappa shape index (κ2) is 6.16. The Morgan fingerprint density at radius 2 is 2.00 bits per heavy atom. The number of benzene rings is 1. The molecule has 0 saturated heterocycles. The first-order chi connectivity index (χ1) is 9.61. The molecule has 0 fully saturated rings. The second-order valence-electron chi connectivity index (χ2n) is 4.31. The first-order valence-electron chi connectivity index (χ1n) is 6.20. The molecule has 0 spiro atoms. The molecule has 5 heteroatoms. The third-order valence-electron chi connectivity index (χ3n) is 2.86. The smallest absolute Gasteiger partial charge is 0.261 e. The normalized spacial score (nSPS) is 11.8. The number of nitrogens with zero attached hydrogens (tertiary/aromatic N) is 1. The van der Waals surface area contributed by atoms with E-state index in [1.807, 2.05) is 0 Å². The lowest BCUT2D eigenvalue weighted by Gasteiger charge is -2.09. The van der Waals surface area contributed by atoms with Crippen molar-refractivity contribution in [2.75, 3.05) is 12.4 Å². The number of hydrogen-bond donors (Lipinski definition) is 2. The molecule has 1 aromatic heterocycles. The summed E-state index contributed by atoms with van der Waals surface area (Å²) in [5, 5.41) is 12.2. The van der Waals surface area contributed by atoms with E-state index in [1.165, 1.54) is 7.11 Å². The Bertz CT molecular complexity index is 594. The summed E-state index contributed by atoms with van der Waals surface area (Å²) in [6, 6.07) is 10.3. The predicted molar refractivity (Wildman–Crippen MR) is 75.8 cm³/mol. The zero-order valence-corrected chi connectivity index (χ0v) is 11.3. The van der Waals surface area contributed by atoms with Gasteiger partial charge in [-0.05, 0) is 36.8 Å². The number of rotatable bonds is 4. The highest BCUT2D eigenvalue weighted by atomic mass is 16.5. The van der Waals surface area contributed by atoms with E-state index in [0.717, 1.165) is 5.56 Å². The van der Waals surface area contributed by atoms with Gasteiger partial charge in [-0.2, -0.15) is 0 Å². The lowest BCUT2D eigenvalue weighted by molar-refractivity contribution is 0.102. The molecular weight excluding hydrogens is 256 g/mol. The van der Waals surface area contributed by atoms with Gasteiger partial charge in [0.05, 0.1) is 13.2 Å². The predicted octanol–water partition coefficient (Wildman–Crippen LogP) is 2.40. The molecule has 2 rings (SSSR count). The Labute approximate surface area is 117 Å². The van der Waals surface area contributed by atoms with Crippen LogP contribution < -0.4 is 10.1 Å². The number of aliphatic hydroxyl groups excluding tert-OH is 1. The highest BCUT2D eigenvalue weighted by Crippen LogP contribution is 2.18. The first kappa shape index (κ1) is 14.0. The maximum Gasteiger partial charge on any atom is 0.261 e. The van der Waals surface area contributed by atoms with Gasteiger partial charge in [-0.1, -0.05) is 12.1 Å². The van der Waals surface area contributed by atoms with Crippen molar-refractivity contribution in [3.8, 4) is 5.88 Å². The van der Waals surface area contributed by atoms with Gasteiger partial charge >= 0.3 is 0 Å². The van der Waals surface area contributed by atoms with Crippen molar-refractivity contribution < 1.29 is 14.6 Å². The van der Waals surface area contributed by atoms with Gasteiger partial charge in [-0.3, -0.25) is 4.79 Å². The molecule has 1 unspecified atom stereocenters. The number of carbonyl (C=O) groups excluding carboxylic acids is 1. The van der Waals surface area contributed by atoms with Gasteiger partial charge in [-0.15, -0.1) is 0 Å². The molecule has 0 radical (unpaired) electrons. The van der Waals surface area contributed by atoms with Crippen LogP contribution >= 0.6 is 0 Å². The van der Waals surface area contributed by atoms with Crippen LogP contribution in [0.15, 0.2) is 42.6 Å². The molecule has 1 atom stereocenters. The van der Waals surface area contributed by atoms with Crippen LogP contribution in [0.2, 0.25) is 0 Å². The van der Waals surface area contributed by atoms with E-state index in [2.05, 4.69) is 10.3 Å². The Morgan fingerprint density at radius 1 is 1.30 bits per heavy atom. The van der Waals surface area contributed by atoms with E-state index in [1.54, 1.807) is 49.5 Å². The fourth-order valence-electron chi connectivity index (χ4n) is 1.77. The average molecular weight is 272 g/mol. The summed E-state index contributed by atoms with van der Waals surface area (Å²) in [4.78, 5) is 16.1. The third-order valence-corrected chi connectivity index (χ3v) is 2.86. The van der Waals surface area contributed by atoms with Crippen LogP contribution in [0.25, 0.3) is 0 Å². The number of carbonyl (C=O) groups is 1. The molecule has 0 aliphatic carbocycles. The molecule has 2 aromatic rings. The van der Waals surface area contributed by atoms with E-state index < -0.39 is 6.10 Å². The van der Waals surface area contributed by atoms with Gasteiger partial charge in [-0.25, -0.2) is 4.98 Å². The van der Waals surface area contributed by atoms with Crippen LogP contribution in [0.5, 0.6) is 5.88 Å². The van der Waals surface area contributed by atoms with E-state index in [0.29, 0.717) is 11.3 Å². The zero-order valence-electron chi connectivity index (χ0n) is 11.3. The lowest BCUT2D eigenvalue weighted by atomic mass is 10.1. The maximum absolute atomic E-state index is 12.1. The van der Waals surface area contributed by atoms with Crippen molar-refractivity contribution in [1.29, 1.82) is 0 Å². The summed E-state index contributed by atoms with van der Waals surface area (Å²) in [5.41, 5.74) is 1.81. The summed E-state index contributed by atoms with van der Waals surface area (Å²) in [7, 11) is 1.47. The van der Waals surface area contributed by atoms with E-state index in [4.69, 9.17) is 4.74 Å². The van der Waals surface area contributed by atoms with Gasteiger partial charge in [0.15, 0.2) is 0 Å². The van der Waals surface area contributed by atoms with Crippen LogP contribution in [0.4, 0.5) is 5.69 Å². The molecule has 0 saturated carbocycles. The third kappa shape index (κ3) is 3.13. The number of anilines is 1. The number of ether oxygens (including phenoxy) is 1. The Morgan fingerprint density at radius 3 is 2.60 bits per heavy atom. The minimum atomic E-state index is -0.529. The van der Waals surface area contributed by atoms with Crippen LogP contribution in [-0.4, -0.2) is 23.1 Å². The number of aliphatic hydroxyl groups is 1. The quantitative estimate of drug-likeness (QED) is 0.896. The van der Waals surface area contributed by atoms with Gasteiger partial charge < -0.3 is 15.2 Å². The molecule has 5 nitrogen and oxygen atoms in total. The van der Waals surface area contributed by atoms with E-state index in [-0.39, 0.29) is 11.8 Å². The highest BCUT2D eigenvalue weighted by Gasteiger charge is 2.13. The molecule has 0 bridgehead atoms. The Hall–Kier alpha value is -2.40. The van der Waals surface area contributed by atoms with Gasteiger partial charge in [0.2, 0.25) is 5.88 Å². The van der Waals surface area contributed by atoms with Crippen molar-refractivity contribution in [1.82, 2.24) is 4.98 Å². The highest BCUT2D eigenvalue weighted by molar-refractivity contribution is 6.05. The van der Waals surface area contributed by atoms with Crippen molar-refractivity contribution >= 4 is 11.6 Å². The molecule has 0 aliphatic heterocycles. The molecule has 1 amide bonds. The van der Waals surface area contributed by atoms with Gasteiger partial charge in [0.25, 0.3) is 5.91 Å². The van der Waals surface area contributed by atoms with Crippen molar-refractivity contribution in [2.24, 2.45) is 0 Å². The Kier molecular flexibility index (Phi) is 4.32. The molecule has 1 aromatic carbocycles. The minimum Gasteiger partial charge on any atom is -0.480 e. The first-order valence-corrected chi connectivity index (χ1v) is 6.20. The van der Waals surface area contributed by atoms with Crippen LogP contribution in [0.3, 0.4) is 0 Å². The molecule has 1 heterocycles. The molecule has 104 valence electrons. The zero-order chi connectivity index (χ0) is 14.5. The van der Waals surface area contributed by atoms with Gasteiger partial charge in [0, 0.05) is 11.9 Å². The minimum absolute atomic E-state index is 0.283. The van der Waals surface area contributed by atoms with Gasteiger partial charge in [0.1, 0.15) is 5.56 Å². The van der Waals surface area contributed by atoms with E-state index >= 15 is 0 Å². The number of methoxy groups -OCH3 is 1. The van der Waals surface area contributed by atoms with Crippen molar-refractivity contribution in [3.05, 3.63) is 53.7 Å². The van der Waals surface area contributed by atoms with E-state index in [9.17, 15) is 9.90 Å². The molecule has 2 N–H and O–H groups in total. The molecule has 20 heavy (non-hydrogen) atoms. The monoisotopic (exact) mass is 272 g/mol. The summed E-state index contributed by atoms with van der Waals surface area (Å²) in [6.07, 6.45) is 1.03. The fraction of sp³-hybridized carbons (Fsp3) is 0.200. The second-order valence-corrected chi connectivity index (χ2v) is 4.31. The lowest BCUT2D eigenvalue weighted by Crippen LogP contribution is -2.13. The summed E-state index contributed by atoms with van der Waals surface area (Å²) in [6.45, 7) is 1.69. The molecular formula is C15H16N2O3. The van der Waals surface area contributed by atoms with Crippen molar-refractivity contribution in [2.45, 2.75) is 13.0 Å². The number of pyridine rings is 1. The van der Waals surface area contributed by atoms with Crippen molar-refractivity contribution in [3.63, 3.8) is 0 Å². The number of nitrogens with one attached hydrogen (secondary N) is 1. The SMILES string of the molecule is COc1ncccc1C(=O)Nc1ccc(C(C)O)cc1. The van der Waals surface area contributed by atoms with Crippen LogP contribution in [-0.2, 0) is 0 Å². The average Bonchev–Trinajstić information content (AvgIpc) is 2.47. The summed E-state index contributed by atoms with van der Waals surface area (Å²) < 4.78 is 5.05.